The number of methoxy groups -OCH3 is 1. The van der Waals surface area contributed by atoms with Crippen LogP contribution in [0, 0.1) is 6.92 Å². The minimum Gasteiger partial charge on any atom is -0.465 e. The molecular weight excluding hydrogens is 390 g/mol. The number of aromatic nitrogens is 1. The second-order valence-electron chi connectivity index (χ2n) is 6.39. The molecule has 2 N–H and O–H groups in total. The van der Waals surface area contributed by atoms with Gasteiger partial charge in [0.1, 0.15) is 4.90 Å². The van der Waals surface area contributed by atoms with E-state index in [1.807, 2.05) is 25.1 Å². The fraction of sp³-hybridized carbons (Fsp3) is 0.143. The molecule has 2 aromatic carbocycles. The van der Waals surface area contributed by atoms with Crippen LogP contribution in [-0.2, 0) is 21.3 Å². The van der Waals surface area contributed by atoms with Crippen LogP contribution >= 0.6 is 0 Å². The first kappa shape index (κ1) is 20.3. The van der Waals surface area contributed by atoms with E-state index in [1.54, 1.807) is 36.7 Å². The monoisotopic (exact) mass is 411 g/mol. The van der Waals surface area contributed by atoms with Gasteiger partial charge in [0, 0.05) is 24.6 Å². The van der Waals surface area contributed by atoms with Crippen LogP contribution in [-0.4, -0.2) is 26.5 Å². The van der Waals surface area contributed by atoms with E-state index in [2.05, 4.69) is 15.0 Å². The Bertz CT molecular complexity index is 1100. The smallest absolute Gasteiger partial charge is 0.337 e. The Kier molecular flexibility index (Phi) is 6.13. The molecule has 3 rings (SSSR count). The number of sulfonamides is 1. The van der Waals surface area contributed by atoms with Crippen LogP contribution in [0.25, 0.3) is 0 Å². The van der Waals surface area contributed by atoms with Gasteiger partial charge in [0.2, 0.25) is 0 Å². The summed E-state index contributed by atoms with van der Waals surface area (Å²) in [5, 5.41) is 3.10. The summed E-state index contributed by atoms with van der Waals surface area (Å²) in [7, 11) is -2.72. The van der Waals surface area contributed by atoms with E-state index in [4.69, 9.17) is 4.74 Å². The lowest BCUT2D eigenvalue weighted by molar-refractivity contribution is 0.0600. The number of carbonyl (C=O) groups excluding carboxylic acids is 1. The van der Waals surface area contributed by atoms with E-state index >= 15 is 0 Å². The number of ether oxygens (including phenoxy) is 1. The molecule has 3 aromatic rings. The minimum atomic E-state index is -3.96. The highest BCUT2D eigenvalue weighted by molar-refractivity contribution is 7.92. The van der Waals surface area contributed by atoms with Gasteiger partial charge in [-0.15, -0.1) is 0 Å². The Morgan fingerprint density at radius 2 is 1.86 bits per heavy atom. The van der Waals surface area contributed by atoms with Crippen LogP contribution in [0.4, 0.5) is 11.4 Å². The molecule has 0 amide bonds. The zero-order valence-corrected chi connectivity index (χ0v) is 16.9. The summed E-state index contributed by atoms with van der Waals surface area (Å²) < 4.78 is 33.4. The van der Waals surface area contributed by atoms with Crippen molar-refractivity contribution in [2.45, 2.75) is 18.4 Å². The van der Waals surface area contributed by atoms with Crippen LogP contribution in [0.1, 0.15) is 21.5 Å². The van der Waals surface area contributed by atoms with Gasteiger partial charge in [0.15, 0.2) is 0 Å². The van der Waals surface area contributed by atoms with E-state index in [9.17, 15) is 13.2 Å². The molecular formula is C21H21N3O4S. The van der Waals surface area contributed by atoms with Gasteiger partial charge < -0.3 is 10.1 Å². The van der Waals surface area contributed by atoms with Gasteiger partial charge in [-0.25, -0.2) is 13.2 Å². The number of hydrogen-bond donors (Lipinski definition) is 2. The molecule has 0 aliphatic rings. The molecule has 0 aliphatic heterocycles. The third-order valence-electron chi connectivity index (χ3n) is 4.20. The molecule has 0 radical (unpaired) electrons. The van der Waals surface area contributed by atoms with Crippen molar-refractivity contribution in [3.8, 4) is 0 Å². The van der Waals surface area contributed by atoms with Gasteiger partial charge in [-0.3, -0.25) is 9.71 Å². The number of esters is 1. The van der Waals surface area contributed by atoms with Gasteiger partial charge in [-0.1, -0.05) is 23.8 Å². The van der Waals surface area contributed by atoms with Crippen molar-refractivity contribution in [2.75, 3.05) is 17.1 Å². The first-order chi connectivity index (χ1) is 13.9. The Morgan fingerprint density at radius 1 is 1.10 bits per heavy atom. The first-order valence-electron chi connectivity index (χ1n) is 8.84. The third kappa shape index (κ3) is 5.11. The largest absolute Gasteiger partial charge is 0.465 e. The normalized spacial score (nSPS) is 11.0. The molecule has 150 valence electrons. The number of rotatable bonds is 7. The highest BCUT2D eigenvalue weighted by Gasteiger charge is 2.21. The summed E-state index contributed by atoms with van der Waals surface area (Å²) in [5.41, 5.74) is 2.83. The molecule has 0 saturated carbocycles. The van der Waals surface area contributed by atoms with E-state index < -0.39 is 16.0 Å². The van der Waals surface area contributed by atoms with E-state index in [1.165, 1.54) is 19.2 Å². The zero-order chi connectivity index (χ0) is 20.9. The van der Waals surface area contributed by atoms with Crippen molar-refractivity contribution >= 4 is 27.4 Å². The van der Waals surface area contributed by atoms with Crippen molar-refractivity contribution in [3.05, 3.63) is 83.7 Å². The maximum Gasteiger partial charge on any atom is 0.337 e. The average Bonchev–Trinajstić information content (AvgIpc) is 2.74. The number of nitrogens with zero attached hydrogens (tertiary/aromatic N) is 1. The molecule has 0 bridgehead atoms. The lowest BCUT2D eigenvalue weighted by Gasteiger charge is -2.15. The summed E-state index contributed by atoms with van der Waals surface area (Å²) in [4.78, 5) is 15.9. The summed E-state index contributed by atoms with van der Waals surface area (Å²) in [6.07, 6.45) is 3.35. The van der Waals surface area contributed by atoms with Crippen molar-refractivity contribution in [3.63, 3.8) is 0 Å². The van der Waals surface area contributed by atoms with Gasteiger partial charge in [0.25, 0.3) is 10.0 Å². The van der Waals surface area contributed by atoms with Crippen molar-refractivity contribution in [1.29, 1.82) is 0 Å². The second-order valence-corrected chi connectivity index (χ2v) is 8.04. The van der Waals surface area contributed by atoms with Gasteiger partial charge in [-0.05, 0) is 48.9 Å². The number of benzene rings is 2. The summed E-state index contributed by atoms with van der Waals surface area (Å²) in [6.45, 7) is 2.29. The van der Waals surface area contributed by atoms with Crippen molar-refractivity contribution in [2.24, 2.45) is 0 Å². The SMILES string of the molecule is COC(=O)c1ccc(NCc2cccnc2)c(S(=O)(=O)Nc2ccc(C)cc2)c1. The molecule has 0 saturated heterocycles. The standard InChI is InChI=1S/C21H21N3O4S/c1-15-5-8-18(9-6-15)24-29(26,27)20-12-17(21(25)28-2)7-10-19(20)23-14-16-4-3-11-22-13-16/h3-13,23-24H,14H2,1-2H3. The third-order valence-corrected chi connectivity index (χ3v) is 5.62. The van der Waals surface area contributed by atoms with Gasteiger partial charge in [0.05, 0.1) is 18.4 Å². The lowest BCUT2D eigenvalue weighted by atomic mass is 10.2. The van der Waals surface area contributed by atoms with Crippen LogP contribution in [0.15, 0.2) is 71.9 Å². The quantitative estimate of drug-likeness (QED) is 0.577. The maximum absolute atomic E-state index is 13.1. The number of aryl methyl sites for hydroxylation is 1. The summed E-state index contributed by atoms with van der Waals surface area (Å²) >= 11 is 0. The predicted octanol–water partition coefficient (Wildman–Crippen LogP) is 3.59. The Morgan fingerprint density at radius 3 is 2.52 bits per heavy atom. The number of anilines is 2. The van der Waals surface area contributed by atoms with E-state index in [0.717, 1.165) is 11.1 Å². The highest BCUT2D eigenvalue weighted by atomic mass is 32.2. The molecule has 0 spiro atoms. The molecule has 0 fully saturated rings. The number of carbonyl (C=O) groups is 1. The molecule has 0 unspecified atom stereocenters. The molecule has 0 atom stereocenters. The highest BCUT2D eigenvalue weighted by Crippen LogP contribution is 2.26. The maximum atomic E-state index is 13.1. The van der Waals surface area contributed by atoms with Gasteiger partial charge >= 0.3 is 5.97 Å². The molecule has 8 heteroatoms. The van der Waals surface area contributed by atoms with Crippen LogP contribution in [0.5, 0.6) is 0 Å². The second kappa shape index (κ2) is 8.74. The Balaban J connectivity index is 1.95. The molecule has 7 nitrogen and oxygen atoms in total. The van der Waals surface area contributed by atoms with E-state index in [-0.39, 0.29) is 10.5 Å². The van der Waals surface area contributed by atoms with Crippen LogP contribution < -0.4 is 10.0 Å². The van der Waals surface area contributed by atoms with Crippen LogP contribution in [0.3, 0.4) is 0 Å². The summed E-state index contributed by atoms with van der Waals surface area (Å²) in [5.74, 6) is -0.615. The molecule has 1 heterocycles. The molecule has 1 aromatic heterocycles. The Labute approximate surface area is 169 Å². The van der Waals surface area contributed by atoms with Gasteiger partial charge in [-0.2, -0.15) is 0 Å². The van der Waals surface area contributed by atoms with Crippen molar-refractivity contribution in [1.82, 2.24) is 4.98 Å². The molecule has 0 aliphatic carbocycles. The van der Waals surface area contributed by atoms with E-state index in [0.29, 0.717) is 17.9 Å². The summed E-state index contributed by atoms with van der Waals surface area (Å²) in [6, 6.07) is 15.0. The first-order valence-corrected chi connectivity index (χ1v) is 10.3. The number of pyridine rings is 1. The zero-order valence-electron chi connectivity index (χ0n) is 16.0. The topological polar surface area (TPSA) is 97.4 Å². The Hall–Kier alpha value is -3.39. The molecule has 29 heavy (non-hydrogen) atoms. The van der Waals surface area contributed by atoms with Crippen molar-refractivity contribution < 1.29 is 17.9 Å². The number of nitrogens with one attached hydrogen (secondary N) is 2. The predicted molar refractivity (Wildman–Crippen MR) is 111 cm³/mol. The average molecular weight is 411 g/mol. The van der Waals surface area contributed by atoms with Crippen LogP contribution in [0.2, 0.25) is 0 Å². The lowest BCUT2D eigenvalue weighted by Crippen LogP contribution is -2.16. The number of hydrogen-bond acceptors (Lipinski definition) is 6. The minimum absolute atomic E-state index is 0.0511. The fourth-order valence-corrected chi connectivity index (χ4v) is 3.94. The fourth-order valence-electron chi connectivity index (χ4n) is 2.67.